The third-order valence-corrected chi connectivity index (χ3v) is 4.59. The maximum atomic E-state index is 6.45. The number of benzene rings is 1. The quantitative estimate of drug-likeness (QED) is 0.722. The molecule has 1 aromatic carbocycles. The predicted molar refractivity (Wildman–Crippen MR) is 79.1 cm³/mol. The largest absolute Gasteiger partial charge is 0.398 e. The van der Waals surface area contributed by atoms with Gasteiger partial charge < -0.3 is 5.73 Å². The van der Waals surface area contributed by atoms with E-state index in [1.807, 2.05) is 12.1 Å². The summed E-state index contributed by atoms with van der Waals surface area (Å²) in [4.78, 5) is 4.87. The van der Waals surface area contributed by atoms with Crippen molar-refractivity contribution in [3.05, 3.63) is 47.2 Å². The van der Waals surface area contributed by atoms with E-state index in [2.05, 4.69) is 25.1 Å². The van der Waals surface area contributed by atoms with Crippen LogP contribution in [0.25, 0.3) is 10.9 Å². The van der Waals surface area contributed by atoms with E-state index >= 15 is 0 Å². The van der Waals surface area contributed by atoms with E-state index in [9.17, 15) is 0 Å². The Labute approximate surface area is 113 Å². The van der Waals surface area contributed by atoms with Crippen molar-refractivity contribution in [1.82, 2.24) is 4.98 Å². The summed E-state index contributed by atoms with van der Waals surface area (Å²) >= 11 is 0. The van der Waals surface area contributed by atoms with Crippen molar-refractivity contribution >= 4 is 16.6 Å². The van der Waals surface area contributed by atoms with Crippen molar-refractivity contribution in [2.24, 2.45) is 5.92 Å². The number of hydrogen-bond acceptors (Lipinski definition) is 2. The second kappa shape index (κ2) is 3.83. The fourth-order valence-electron chi connectivity index (χ4n) is 3.88. The molecule has 0 amide bonds. The summed E-state index contributed by atoms with van der Waals surface area (Å²) in [6, 6.07) is 8.23. The molecule has 2 atom stereocenters. The number of aromatic nitrogens is 1. The van der Waals surface area contributed by atoms with E-state index < -0.39 is 0 Å². The molecule has 0 saturated carbocycles. The minimum absolute atomic E-state index is 0.486. The van der Waals surface area contributed by atoms with Crippen LogP contribution in [-0.2, 0) is 6.42 Å². The van der Waals surface area contributed by atoms with Gasteiger partial charge in [-0.1, -0.05) is 29.8 Å². The first-order chi connectivity index (χ1) is 9.22. The standard InChI is InChI=1S/C17H18N2/c1-10-6-11-8-12(7-10)16-15(9-11)19-14-5-3-2-4-13(14)17(16)18/h2-5,7,11-12H,6,8-9H2,1H3,(H2,18,19)/t11-,12+/m1/s1. The lowest BCUT2D eigenvalue weighted by Crippen LogP contribution is -2.24. The highest BCUT2D eigenvalue weighted by Crippen LogP contribution is 2.45. The number of nitrogens with zero attached hydrogens (tertiary/aromatic N) is 1. The van der Waals surface area contributed by atoms with E-state index in [-0.39, 0.29) is 0 Å². The molecule has 0 unspecified atom stereocenters. The van der Waals surface area contributed by atoms with Crippen LogP contribution >= 0.6 is 0 Å². The van der Waals surface area contributed by atoms with Crippen LogP contribution in [0.15, 0.2) is 35.9 Å². The first kappa shape index (κ1) is 11.0. The van der Waals surface area contributed by atoms with Crippen molar-refractivity contribution in [3.63, 3.8) is 0 Å². The van der Waals surface area contributed by atoms with E-state index in [0.29, 0.717) is 5.92 Å². The second-order valence-electron chi connectivity index (χ2n) is 6.03. The smallest absolute Gasteiger partial charge is 0.0726 e. The van der Waals surface area contributed by atoms with Gasteiger partial charge >= 0.3 is 0 Å². The van der Waals surface area contributed by atoms with Crippen molar-refractivity contribution in [3.8, 4) is 0 Å². The fraction of sp³-hybridized carbons (Fsp3) is 0.353. The minimum atomic E-state index is 0.486. The van der Waals surface area contributed by atoms with Gasteiger partial charge in [0.15, 0.2) is 0 Å². The third-order valence-electron chi connectivity index (χ3n) is 4.59. The zero-order valence-corrected chi connectivity index (χ0v) is 11.2. The van der Waals surface area contributed by atoms with Crippen LogP contribution in [0.2, 0.25) is 0 Å². The number of fused-ring (bicyclic) bond motifs is 5. The molecule has 0 aliphatic heterocycles. The zero-order chi connectivity index (χ0) is 13.0. The molecule has 2 aliphatic rings. The topological polar surface area (TPSA) is 38.9 Å². The zero-order valence-electron chi connectivity index (χ0n) is 11.2. The molecule has 4 rings (SSSR count). The van der Waals surface area contributed by atoms with Gasteiger partial charge in [-0.3, -0.25) is 4.98 Å². The van der Waals surface area contributed by atoms with E-state index in [1.165, 1.54) is 29.7 Å². The van der Waals surface area contributed by atoms with Crippen LogP contribution in [0.1, 0.15) is 36.9 Å². The maximum Gasteiger partial charge on any atom is 0.0726 e. The molecule has 2 aliphatic carbocycles. The molecule has 0 radical (unpaired) electrons. The predicted octanol–water partition coefficient (Wildman–Crippen LogP) is 3.81. The molecular formula is C17H18N2. The van der Waals surface area contributed by atoms with Gasteiger partial charge in [0.1, 0.15) is 0 Å². The van der Waals surface area contributed by atoms with E-state index in [0.717, 1.165) is 28.9 Å². The Bertz CT molecular complexity index is 700. The van der Waals surface area contributed by atoms with Gasteiger partial charge in [-0.2, -0.15) is 0 Å². The Kier molecular flexibility index (Phi) is 2.22. The Hall–Kier alpha value is -1.83. The molecule has 19 heavy (non-hydrogen) atoms. The van der Waals surface area contributed by atoms with E-state index in [1.54, 1.807) is 0 Å². The number of anilines is 1. The van der Waals surface area contributed by atoms with Gasteiger partial charge in [0.2, 0.25) is 0 Å². The van der Waals surface area contributed by atoms with Crippen LogP contribution in [0.3, 0.4) is 0 Å². The SMILES string of the molecule is CC1=C[C@H]2C[C@@H](C1)Cc1nc3ccccc3c(N)c12. The summed E-state index contributed by atoms with van der Waals surface area (Å²) in [6.07, 6.45) is 5.96. The number of hydrogen-bond donors (Lipinski definition) is 1. The molecule has 2 N–H and O–H groups in total. The number of rotatable bonds is 0. The molecule has 0 saturated heterocycles. The summed E-state index contributed by atoms with van der Waals surface area (Å²) in [5.41, 5.74) is 12.5. The summed E-state index contributed by atoms with van der Waals surface area (Å²) in [5.74, 6) is 1.25. The highest BCUT2D eigenvalue weighted by molar-refractivity contribution is 5.92. The Morgan fingerprint density at radius 3 is 2.95 bits per heavy atom. The normalized spacial score (nSPS) is 25.0. The Balaban J connectivity index is 2.01. The highest BCUT2D eigenvalue weighted by Gasteiger charge is 2.32. The van der Waals surface area contributed by atoms with Crippen LogP contribution in [0.4, 0.5) is 5.69 Å². The molecule has 96 valence electrons. The van der Waals surface area contributed by atoms with Gasteiger partial charge in [-0.25, -0.2) is 0 Å². The van der Waals surface area contributed by atoms with Crippen LogP contribution < -0.4 is 5.73 Å². The first-order valence-electron chi connectivity index (χ1n) is 7.06. The van der Waals surface area contributed by atoms with Crippen LogP contribution in [0, 0.1) is 5.92 Å². The maximum absolute atomic E-state index is 6.45. The monoisotopic (exact) mass is 250 g/mol. The molecule has 2 nitrogen and oxygen atoms in total. The number of nitrogen functional groups attached to an aromatic ring is 1. The average molecular weight is 250 g/mol. The number of allylic oxidation sites excluding steroid dienone is 2. The molecular weight excluding hydrogens is 232 g/mol. The number of para-hydroxylation sites is 1. The minimum Gasteiger partial charge on any atom is -0.398 e. The number of nitrogens with two attached hydrogens (primary N) is 1. The van der Waals surface area contributed by atoms with Gasteiger partial charge in [-0.15, -0.1) is 0 Å². The highest BCUT2D eigenvalue weighted by atomic mass is 14.7. The molecule has 1 aromatic heterocycles. The van der Waals surface area contributed by atoms with Crippen LogP contribution in [0.5, 0.6) is 0 Å². The summed E-state index contributed by atoms with van der Waals surface area (Å²) in [6.45, 7) is 2.24. The Morgan fingerprint density at radius 2 is 2.05 bits per heavy atom. The first-order valence-corrected chi connectivity index (χ1v) is 7.06. The molecule has 0 fully saturated rings. The Morgan fingerprint density at radius 1 is 1.21 bits per heavy atom. The molecule has 2 aromatic rings. The van der Waals surface area contributed by atoms with Crippen molar-refractivity contribution in [2.75, 3.05) is 5.73 Å². The van der Waals surface area contributed by atoms with Gasteiger partial charge in [0.05, 0.1) is 5.52 Å². The van der Waals surface area contributed by atoms with Crippen LogP contribution in [-0.4, -0.2) is 4.98 Å². The van der Waals surface area contributed by atoms with Crippen molar-refractivity contribution in [2.45, 2.75) is 32.1 Å². The second-order valence-corrected chi connectivity index (χ2v) is 6.03. The van der Waals surface area contributed by atoms with Gasteiger partial charge in [0.25, 0.3) is 0 Å². The lowest BCUT2D eigenvalue weighted by molar-refractivity contribution is 0.403. The molecule has 1 heterocycles. The summed E-state index contributed by atoms with van der Waals surface area (Å²) < 4.78 is 0. The number of pyridine rings is 1. The van der Waals surface area contributed by atoms with E-state index in [4.69, 9.17) is 10.7 Å². The molecule has 2 bridgehead atoms. The third kappa shape index (κ3) is 1.59. The average Bonchev–Trinajstić information content (AvgIpc) is 2.37. The molecule has 0 spiro atoms. The molecule has 2 heteroatoms. The lowest BCUT2D eigenvalue weighted by Gasteiger charge is -2.35. The van der Waals surface area contributed by atoms with Gasteiger partial charge in [0, 0.05) is 28.2 Å². The summed E-state index contributed by atoms with van der Waals surface area (Å²) in [5, 5.41) is 1.11. The van der Waals surface area contributed by atoms with Gasteiger partial charge in [-0.05, 0) is 38.2 Å². The fourth-order valence-corrected chi connectivity index (χ4v) is 3.88. The van der Waals surface area contributed by atoms with Crippen molar-refractivity contribution < 1.29 is 0 Å². The van der Waals surface area contributed by atoms with Crippen molar-refractivity contribution in [1.29, 1.82) is 0 Å². The summed E-state index contributed by atoms with van der Waals surface area (Å²) in [7, 11) is 0. The lowest BCUT2D eigenvalue weighted by atomic mass is 9.71.